The first kappa shape index (κ1) is 17.5. The topological polar surface area (TPSA) is 49.4 Å². The van der Waals surface area contributed by atoms with Crippen LogP contribution < -0.4 is 5.32 Å². The number of likely N-dealkylation sites (tertiary alicyclic amines) is 1. The van der Waals surface area contributed by atoms with E-state index < -0.39 is 0 Å². The highest BCUT2D eigenvalue weighted by molar-refractivity contribution is 5.88. The Morgan fingerprint density at radius 1 is 1.26 bits per heavy atom. The molecule has 2 unspecified atom stereocenters. The molecule has 0 aliphatic carbocycles. The number of carbonyl (C=O) groups is 2. The van der Waals surface area contributed by atoms with Crippen molar-refractivity contribution in [2.75, 3.05) is 6.54 Å². The van der Waals surface area contributed by atoms with Gasteiger partial charge in [0.05, 0.1) is 6.04 Å². The average molecular weight is 316 g/mol. The van der Waals surface area contributed by atoms with Crippen LogP contribution in [0.3, 0.4) is 0 Å². The largest absolute Gasteiger partial charge is 0.348 e. The molecule has 1 N–H and O–H groups in total. The van der Waals surface area contributed by atoms with E-state index in [2.05, 4.69) is 5.32 Å². The molecule has 0 saturated carbocycles. The van der Waals surface area contributed by atoms with E-state index in [0.29, 0.717) is 13.0 Å². The van der Waals surface area contributed by atoms with Gasteiger partial charge >= 0.3 is 0 Å². The SMILES string of the molecule is CC(NC(=O)C1CCCN1C(=O)CC(C)(C)C)c1ccccc1. The molecular weight excluding hydrogens is 288 g/mol. The highest BCUT2D eigenvalue weighted by Gasteiger charge is 2.35. The van der Waals surface area contributed by atoms with Gasteiger partial charge in [0.1, 0.15) is 6.04 Å². The molecule has 1 aromatic carbocycles. The molecule has 1 fully saturated rings. The minimum Gasteiger partial charge on any atom is -0.348 e. The van der Waals surface area contributed by atoms with E-state index in [0.717, 1.165) is 18.4 Å². The van der Waals surface area contributed by atoms with Crippen molar-refractivity contribution < 1.29 is 9.59 Å². The van der Waals surface area contributed by atoms with Crippen LogP contribution in [-0.2, 0) is 9.59 Å². The number of rotatable bonds is 4. The monoisotopic (exact) mass is 316 g/mol. The van der Waals surface area contributed by atoms with E-state index in [-0.39, 0.29) is 29.3 Å². The summed E-state index contributed by atoms with van der Waals surface area (Å²) in [7, 11) is 0. The van der Waals surface area contributed by atoms with Gasteiger partial charge in [-0.2, -0.15) is 0 Å². The molecule has 1 aliphatic heterocycles. The average Bonchev–Trinajstić information content (AvgIpc) is 2.96. The van der Waals surface area contributed by atoms with Crippen LogP contribution in [0.4, 0.5) is 0 Å². The molecule has 1 aromatic rings. The van der Waals surface area contributed by atoms with Crippen LogP contribution >= 0.6 is 0 Å². The van der Waals surface area contributed by atoms with Crippen LogP contribution in [0, 0.1) is 5.41 Å². The Morgan fingerprint density at radius 2 is 1.91 bits per heavy atom. The summed E-state index contributed by atoms with van der Waals surface area (Å²) in [6.45, 7) is 8.81. The number of carbonyl (C=O) groups excluding carboxylic acids is 2. The molecule has 2 atom stereocenters. The fraction of sp³-hybridized carbons (Fsp3) is 0.579. The van der Waals surface area contributed by atoms with Crippen LogP contribution in [0.15, 0.2) is 30.3 Å². The predicted molar refractivity (Wildman–Crippen MR) is 91.8 cm³/mol. The molecule has 0 radical (unpaired) electrons. The van der Waals surface area contributed by atoms with Crippen LogP contribution in [0.1, 0.15) is 58.6 Å². The van der Waals surface area contributed by atoms with E-state index in [1.165, 1.54) is 0 Å². The third-order valence-electron chi connectivity index (χ3n) is 4.22. The van der Waals surface area contributed by atoms with Crippen molar-refractivity contribution in [1.29, 1.82) is 0 Å². The maximum atomic E-state index is 12.6. The van der Waals surface area contributed by atoms with E-state index in [1.807, 2.05) is 58.0 Å². The summed E-state index contributed by atoms with van der Waals surface area (Å²) in [6.07, 6.45) is 2.13. The van der Waals surface area contributed by atoms with Crippen molar-refractivity contribution in [2.45, 2.75) is 59.0 Å². The van der Waals surface area contributed by atoms with Crippen molar-refractivity contribution in [3.05, 3.63) is 35.9 Å². The van der Waals surface area contributed by atoms with Crippen LogP contribution in [0.5, 0.6) is 0 Å². The molecule has 2 rings (SSSR count). The lowest BCUT2D eigenvalue weighted by molar-refractivity contribution is -0.140. The van der Waals surface area contributed by atoms with Crippen molar-refractivity contribution in [2.24, 2.45) is 5.41 Å². The molecule has 4 nitrogen and oxygen atoms in total. The lowest BCUT2D eigenvalue weighted by Crippen LogP contribution is -2.47. The Kier molecular flexibility index (Phi) is 5.45. The number of hydrogen-bond acceptors (Lipinski definition) is 2. The molecule has 126 valence electrons. The summed E-state index contributed by atoms with van der Waals surface area (Å²) in [6, 6.07) is 9.52. The fourth-order valence-electron chi connectivity index (χ4n) is 3.03. The van der Waals surface area contributed by atoms with Crippen LogP contribution in [-0.4, -0.2) is 29.3 Å². The zero-order valence-electron chi connectivity index (χ0n) is 14.6. The predicted octanol–water partition coefficient (Wildman–Crippen LogP) is 3.29. The minimum absolute atomic E-state index is 0.0406. The Hall–Kier alpha value is -1.84. The first-order valence-corrected chi connectivity index (χ1v) is 8.43. The lowest BCUT2D eigenvalue weighted by atomic mass is 9.91. The smallest absolute Gasteiger partial charge is 0.243 e. The van der Waals surface area contributed by atoms with E-state index in [1.54, 1.807) is 4.90 Å². The molecule has 2 amide bonds. The first-order valence-electron chi connectivity index (χ1n) is 8.43. The zero-order valence-corrected chi connectivity index (χ0v) is 14.6. The number of hydrogen-bond donors (Lipinski definition) is 1. The maximum Gasteiger partial charge on any atom is 0.243 e. The Morgan fingerprint density at radius 3 is 2.52 bits per heavy atom. The van der Waals surface area contributed by atoms with Gasteiger partial charge in [0.25, 0.3) is 0 Å². The van der Waals surface area contributed by atoms with Gasteiger partial charge in [-0.15, -0.1) is 0 Å². The second-order valence-corrected chi connectivity index (χ2v) is 7.62. The summed E-state index contributed by atoms with van der Waals surface area (Å²) >= 11 is 0. The fourth-order valence-corrected chi connectivity index (χ4v) is 3.03. The molecule has 1 saturated heterocycles. The molecule has 1 heterocycles. The normalized spacial score (nSPS) is 19.5. The van der Waals surface area contributed by atoms with Gasteiger partial charge in [-0.25, -0.2) is 0 Å². The number of benzene rings is 1. The molecule has 0 aromatic heterocycles. The van der Waals surface area contributed by atoms with Crippen molar-refractivity contribution in [3.63, 3.8) is 0 Å². The van der Waals surface area contributed by atoms with Gasteiger partial charge in [0, 0.05) is 13.0 Å². The summed E-state index contributed by atoms with van der Waals surface area (Å²) < 4.78 is 0. The van der Waals surface area contributed by atoms with Gasteiger partial charge in [-0.3, -0.25) is 9.59 Å². The molecule has 23 heavy (non-hydrogen) atoms. The highest BCUT2D eigenvalue weighted by atomic mass is 16.2. The summed E-state index contributed by atoms with van der Waals surface area (Å²) in [5.74, 6) is 0.0450. The standard InChI is InChI=1S/C19H28N2O2/c1-14(15-9-6-5-7-10-15)20-18(23)16-11-8-12-21(16)17(22)13-19(2,3)4/h5-7,9-10,14,16H,8,11-13H2,1-4H3,(H,20,23). The second-order valence-electron chi connectivity index (χ2n) is 7.62. The molecule has 1 aliphatic rings. The number of nitrogens with zero attached hydrogens (tertiary/aromatic N) is 1. The molecule has 0 spiro atoms. The lowest BCUT2D eigenvalue weighted by Gasteiger charge is -2.28. The van der Waals surface area contributed by atoms with Crippen LogP contribution in [0.25, 0.3) is 0 Å². The third kappa shape index (κ3) is 4.81. The maximum absolute atomic E-state index is 12.6. The number of nitrogens with one attached hydrogen (secondary N) is 1. The van der Waals surface area contributed by atoms with E-state index in [4.69, 9.17) is 0 Å². The zero-order chi connectivity index (χ0) is 17.0. The van der Waals surface area contributed by atoms with Crippen molar-refractivity contribution in [3.8, 4) is 0 Å². The Balaban J connectivity index is 1.99. The quantitative estimate of drug-likeness (QED) is 0.926. The second kappa shape index (κ2) is 7.16. The molecular formula is C19H28N2O2. The highest BCUT2D eigenvalue weighted by Crippen LogP contribution is 2.25. The molecule has 0 bridgehead atoms. The summed E-state index contributed by atoms with van der Waals surface area (Å²) in [5, 5.41) is 3.05. The van der Waals surface area contributed by atoms with Gasteiger partial charge in [-0.05, 0) is 30.7 Å². The summed E-state index contributed by atoms with van der Waals surface area (Å²) in [5.41, 5.74) is 1.02. The first-order chi connectivity index (χ1) is 10.8. The number of amides is 2. The van der Waals surface area contributed by atoms with Gasteiger partial charge < -0.3 is 10.2 Å². The van der Waals surface area contributed by atoms with Gasteiger partial charge in [0.2, 0.25) is 11.8 Å². The van der Waals surface area contributed by atoms with Gasteiger partial charge in [0.15, 0.2) is 0 Å². The van der Waals surface area contributed by atoms with Crippen molar-refractivity contribution in [1.82, 2.24) is 10.2 Å². The minimum atomic E-state index is -0.323. The van der Waals surface area contributed by atoms with Gasteiger partial charge in [-0.1, -0.05) is 51.1 Å². The van der Waals surface area contributed by atoms with E-state index in [9.17, 15) is 9.59 Å². The summed E-state index contributed by atoms with van der Waals surface area (Å²) in [4.78, 5) is 26.8. The van der Waals surface area contributed by atoms with E-state index >= 15 is 0 Å². The molecule has 4 heteroatoms. The Labute approximate surface area is 139 Å². The Bertz CT molecular complexity index is 548. The van der Waals surface area contributed by atoms with Crippen LogP contribution in [0.2, 0.25) is 0 Å². The van der Waals surface area contributed by atoms with Crippen molar-refractivity contribution >= 4 is 11.8 Å². The third-order valence-corrected chi connectivity index (χ3v) is 4.22.